The molecule has 0 radical (unpaired) electrons. The zero-order valence-electron chi connectivity index (χ0n) is 23.4. The van der Waals surface area contributed by atoms with Gasteiger partial charge in [0.05, 0.1) is 10.9 Å². The third-order valence-corrected chi connectivity index (χ3v) is 7.26. The van der Waals surface area contributed by atoms with Gasteiger partial charge in [-0.3, -0.25) is 9.36 Å². The summed E-state index contributed by atoms with van der Waals surface area (Å²) in [6.07, 6.45) is 22.4. The monoisotopic (exact) mass is 483 g/mol. The molecule has 0 spiro atoms. The molecular weight excluding hydrogens is 430 g/mol. The summed E-state index contributed by atoms with van der Waals surface area (Å²) < 4.78 is 1.95. The molecule has 0 aliphatic carbocycles. The van der Waals surface area contributed by atoms with Gasteiger partial charge in [-0.1, -0.05) is 109 Å². The van der Waals surface area contributed by atoms with E-state index in [9.17, 15) is 4.79 Å². The standard InChI is InChI=1S/C31H53N3O/c1-5-6-7-8-9-10-11-12-13-14-15-16-17-18-19-24-29-32-30-27(2)22-20-23-28(30)31(35)34(29)26-21-25-33(3)4/h20,22-23H,5-19,21,24-26H2,1-4H3. The van der Waals surface area contributed by atoms with Gasteiger partial charge >= 0.3 is 0 Å². The lowest BCUT2D eigenvalue weighted by Gasteiger charge is -2.16. The Bertz CT molecular complexity index is 887. The molecule has 0 aliphatic rings. The Kier molecular flexibility index (Phi) is 14.9. The highest BCUT2D eigenvalue weighted by molar-refractivity contribution is 5.80. The van der Waals surface area contributed by atoms with Crippen LogP contribution in [0, 0.1) is 6.92 Å². The highest BCUT2D eigenvalue weighted by Crippen LogP contribution is 2.17. The number of para-hydroxylation sites is 1. The third-order valence-electron chi connectivity index (χ3n) is 7.26. The van der Waals surface area contributed by atoms with Gasteiger partial charge in [-0.15, -0.1) is 0 Å². The minimum absolute atomic E-state index is 0.133. The predicted molar refractivity (Wildman–Crippen MR) is 153 cm³/mol. The fourth-order valence-electron chi connectivity index (χ4n) is 5.05. The number of hydrogen-bond donors (Lipinski definition) is 0. The molecule has 0 saturated carbocycles. The van der Waals surface area contributed by atoms with Crippen molar-refractivity contribution < 1.29 is 0 Å². The molecule has 2 rings (SSSR count). The zero-order valence-corrected chi connectivity index (χ0v) is 23.4. The van der Waals surface area contributed by atoms with E-state index in [4.69, 9.17) is 4.98 Å². The van der Waals surface area contributed by atoms with Crippen molar-refractivity contribution in [3.63, 3.8) is 0 Å². The number of unbranched alkanes of at least 4 members (excludes halogenated alkanes) is 14. The van der Waals surface area contributed by atoms with Crippen molar-refractivity contribution in [3.05, 3.63) is 39.9 Å². The highest BCUT2D eigenvalue weighted by atomic mass is 16.1. The maximum atomic E-state index is 13.2. The van der Waals surface area contributed by atoms with Crippen LogP contribution in [0.5, 0.6) is 0 Å². The lowest BCUT2D eigenvalue weighted by atomic mass is 10.0. The molecule has 1 heterocycles. The van der Waals surface area contributed by atoms with Crippen LogP contribution in [0.4, 0.5) is 0 Å². The molecular formula is C31H53N3O. The molecule has 0 fully saturated rings. The molecule has 4 heteroatoms. The van der Waals surface area contributed by atoms with Crippen molar-refractivity contribution in [1.82, 2.24) is 14.5 Å². The second-order valence-electron chi connectivity index (χ2n) is 10.8. The molecule has 0 atom stereocenters. The number of aryl methyl sites for hydroxylation is 2. The van der Waals surface area contributed by atoms with Crippen molar-refractivity contribution in [2.45, 2.75) is 130 Å². The Morgan fingerprint density at radius 2 is 1.31 bits per heavy atom. The van der Waals surface area contributed by atoms with Crippen molar-refractivity contribution in [2.24, 2.45) is 0 Å². The van der Waals surface area contributed by atoms with Crippen LogP contribution in [-0.4, -0.2) is 35.1 Å². The molecule has 35 heavy (non-hydrogen) atoms. The van der Waals surface area contributed by atoms with Gasteiger partial charge in [0.25, 0.3) is 5.56 Å². The molecule has 0 N–H and O–H groups in total. The summed E-state index contributed by atoms with van der Waals surface area (Å²) >= 11 is 0. The average Bonchev–Trinajstić information content (AvgIpc) is 2.83. The third kappa shape index (κ3) is 11.3. The Balaban J connectivity index is 1.69. The summed E-state index contributed by atoms with van der Waals surface area (Å²) in [6, 6.07) is 5.96. The minimum Gasteiger partial charge on any atom is -0.309 e. The van der Waals surface area contributed by atoms with E-state index in [-0.39, 0.29) is 5.56 Å². The van der Waals surface area contributed by atoms with Crippen molar-refractivity contribution in [1.29, 1.82) is 0 Å². The van der Waals surface area contributed by atoms with E-state index in [1.54, 1.807) is 0 Å². The van der Waals surface area contributed by atoms with Gasteiger partial charge in [-0.05, 0) is 52.0 Å². The maximum Gasteiger partial charge on any atom is 0.261 e. The second-order valence-corrected chi connectivity index (χ2v) is 10.8. The van der Waals surface area contributed by atoms with Gasteiger partial charge in [-0.25, -0.2) is 4.98 Å². The first-order valence-electron chi connectivity index (χ1n) is 14.7. The second kappa shape index (κ2) is 17.7. The maximum absolute atomic E-state index is 13.2. The van der Waals surface area contributed by atoms with Gasteiger partial charge < -0.3 is 4.90 Å². The highest BCUT2D eigenvalue weighted by Gasteiger charge is 2.12. The first-order chi connectivity index (χ1) is 17.0. The molecule has 2 aromatic rings. The Morgan fingerprint density at radius 3 is 1.86 bits per heavy atom. The van der Waals surface area contributed by atoms with E-state index in [1.165, 1.54) is 89.9 Å². The van der Waals surface area contributed by atoms with Crippen LogP contribution in [0.2, 0.25) is 0 Å². The zero-order chi connectivity index (χ0) is 25.3. The van der Waals surface area contributed by atoms with Crippen LogP contribution in [0.3, 0.4) is 0 Å². The van der Waals surface area contributed by atoms with E-state index in [0.29, 0.717) is 0 Å². The van der Waals surface area contributed by atoms with E-state index in [1.807, 2.05) is 16.7 Å². The predicted octanol–water partition coefficient (Wildman–Crippen LogP) is 8.07. The Hall–Kier alpha value is -1.68. The SMILES string of the molecule is CCCCCCCCCCCCCCCCCc1nc2c(C)cccc2c(=O)n1CCCN(C)C. The van der Waals surface area contributed by atoms with Crippen LogP contribution >= 0.6 is 0 Å². The molecule has 0 aliphatic heterocycles. The summed E-state index contributed by atoms with van der Waals surface area (Å²) in [5, 5.41) is 0.759. The van der Waals surface area contributed by atoms with Crippen LogP contribution in [0.25, 0.3) is 10.9 Å². The summed E-state index contributed by atoms with van der Waals surface area (Å²) in [4.78, 5) is 20.4. The van der Waals surface area contributed by atoms with Crippen molar-refractivity contribution in [2.75, 3.05) is 20.6 Å². The molecule has 1 aromatic carbocycles. The van der Waals surface area contributed by atoms with Crippen LogP contribution in [0.15, 0.2) is 23.0 Å². The lowest BCUT2D eigenvalue weighted by molar-refractivity contribution is 0.382. The molecule has 0 bridgehead atoms. The topological polar surface area (TPSA) is 38.1 Å². The lowest BCUT2D eigenvalue weighted by Crippen LogP contribution is -2.27. The Morgan fingerprint density at radius 1 is 0.771 bits per heavy atom. The fraction of sp³-hybridized carbons (Fsp3) is 0.742. The normalized spacial score (nSPS) is 11.7. The molecule has 198 valence electrons. The van der Waals surface area contributed by atoms with Gasteiger partial charge in [0.15, 0.2) is 0 Å². The van der Waals surface area contributed by atoms with Crippen LogP contribution in [0.1, 0.15) is 121 Å². The number of benzene rings is 1. The quantitative estimate of drug-likeness (QED) is 0.179. The summed E-state index contributed by atoms with van der Waals surface area (Å²) in [6.45, 7) is 6.08. The molecule has 4 nitrogen and oxygen atoms in total. The smallest absolute Gasteiger partial charge is 0.261 e. The summed E-state index contributed by atoms with van der Waals surface area (Å²) in [5.74, 6) is 0.977. The van der Waals surface area contributed by atoms with Crippen LogP contribution < -0.4 is 5.56 Å². The first-order valence-corrected chi connectivity index (χ1v) is 14.7. The van der Waals surface area contributed by atoms with Crippen LogP contribution in [-0.2, 0) is 13.0 Å². The first kappa shape index (κ1) is 29.5. The largest absolute Gasteiger partial charge is 0.309 e. The minimum atomic E-state index is 0.133. The number of fused-ring (bicyclic) bond motifs is 1. The molecule has 0 amide bonds. The van der Waals surface area contributed by atoms with Crippen molar-refractivity contribution >= 4 is 10.9 Å². The van der Waals surface area contributed by atoms with Crippen molar-refractivity contribution in [3.8, 4) is 0 Å². The average molecular weight is 484 g/mol. The molecule has 1 aromatic heterocycles. The van der Waals surface area contributed by atoms with Gasteiger partial charge in [-0.2, -0.15) is 0 Å². The number of rotatable bonds is 20. The van der Waals surface area contributed by atoms with E-state index in [0.717, 1.165) is 54.6 Å². The van der Waals surface area contributed by atoms with Gasteiger partial charge in [0.1, 0.15) is 5.82 Å². The summed E-state index contributed by atoms with van der Waals surface area (Å²) in [5.41, 5.74) is 2.11. The molecule has 0 saturated heterocycles. The fourth-order valence-corrected chi connectivity index (χ4v) is 5.05. The Labute approximate surface area is 215 Å². The van der Waals surface area contributed by atoms with E-state index >= 15 is 0 Å². The van der Waals surface area contributed by atoms with Gasteiger partial charge in [0.2, 0.25) is 0 Å². The van der Waals surface area contributed by atoms with E-state index in [2.05, 4.69) is 38.9 Å². The van der Waals surface area contributed by atoms with Gasteiger partial charge in [0, 0.05) is 13.0 Å². The number of aromatic nitrogens is 2. The van der Waals surface area contributed by atoms with E-state index < -0.39 is 0 Å². The number of nitrogens with zero attached hydrogens (tertiary/aromatic N) is 3. The summed E-state index contributed by atoms with van der Waals surface area (Å²) in [7, 11) is 4.17. The molecule has 0 unspecified atom stereocenters. The number of hydrogen-bond acceptors (Lipinski definition) is 3.